The van der Waals surface area contributed by atoms with Gasteiger partial charge in [-0.1, -0.05) is 48.3 Å². The Hall–Kier alpha value is -1.85. The zero-order chi connectivity index (χ0) is 14.1. The lowest BCUT2D eigenvalue weighted by molar-refractivity contribution is -0.113. The molecule has 0 unspecified atom stereocenters. The van der Waals surface area contributed by atoms with Gasteiger partial charge < -0.3 is 4.90 Å². The van der Waals surface area contributed by atoms with Gasteiger partial charge in [0, 0.05) is 13.2 Å². The molecule has 0 spiro atoms. The van der Waals surface area contributed by atoms with Gasteiger partial charge in [-0.05, 0) is 24.3 Å². The maximum atomic E-state index is 12.6. The van der Waals surface area contributed by atoms with Gasteiger partial charge in [-0.15, -0.1) is 0 Å². The molecule has 2 aliphatic heterocycles. The highest BCUT2D eigenvalue weighted by atomic mass is 32.2. The van der Waals surface area contributed by atoms with E-state index in [1.165, 1.54) is 11.8 Å². The van der Waals surface area contributed by atoms with Crippen LogP contribution in [0.15, 0.2) is 65.4 Å². The average molecular weight is 300 g/mol. The van der Waals surface area contributed by atoms with Gasteiger partial charge >= 0.3 is 0 Å². The minimum atomic E-state index is -0.0620. The van der Waals surface area contributed by atoms with E-state index >= 15 is 0 Å². The smallest absolute Gasteiger partial charge is 0.272 e. The molecule has 100 valence electrons. The van der Waals surface area contributed by atoms with Crippen molar-refractivity contribution in [3.63, 3.8) is 0 Å². The summed E-state index contributed by atoms with van der Waals surface area (Å²) in [7, 11) is 1.92. The van der Waals surface area contributed by atoms with Crippen molar-refractivity contribution in [2.45, 2.75) is 0 Å². The maximum absolute atomic E-state index is 12.6. The van der Waals surface area contributed by atoms with Crippen LogP contribution < -0.4 is 4.90 Å². The van der Waals surface area contributed by atoms with Gasteiger partial charge in [0.2, 0.25) is 0 Å². The number of nitrogens with zero attached hydrogens (tertiary/aromatic N) is 2. The van der Waals surface area contributed by atoms with Gasteiger partial charge in [0.1, 0.15) is 4.91 Å². The van der Waals surface area contributed by atoms with E-state index in [-0.39, 0.29) is 5.91 Å². The van der Waals surface area contributed by atoms with Crippen LogP contribution in [0, 0.1) is 0 Å². The van der Waals surface area contributed by atoms with E-state index in [0.717, 1.165) is 11.4 Å². The normalized spacial score (nSPS) is 22.1. The van der Waals surface area contributed by atoms with Crippen molar-refractivity contribution < 1.29 is 4.79 Å². The summed E-state index contributed by atoms with van der Waals surface area (Å²) in [6, 6.07) is 9.49. The van der Waals surface area contributed by atoms with Crippen molar-refractivity contribution in [3.8, 4) is 0 Å². The van der Waals surface area contributed by atoms with Gasteiger partial charge in [0.15, 0.2) is 4.32 Å². The topological polar surface area (TPSA) is 23.6 Å². The van der Waals surface area contributed by atoms with Crippen LogP contribution in [0.3, 0.4) is 0 Å². The predicted octanol–water partition coefficient (Wildman–Crippen LogP) is 3.28. The molecule has 2 aliphatic rings. The molecule has 0 saturated carbocycles. The number of para-hydroxylation sites is 1. The molecule has 3 rings (SSSR count). The molecule has 0 atom stereocenters. The molecule has 0 aromatic heterocycles. The lowest BCUT2D eigenvalue weighted by Crippen LogP contribution is -2.28. The van der Waals surface area contributed by atoms with Gasteiger partial charge in [0.05, 0.1) is 11.4 Å². The first kappa shape index (κ1) is 13.1. The second-order valence-electron chi connectivity index (χ2n) is 4.37. The molecule has 0 radical (unpaired) electrons. The molecule has 1 aromatic rings. The lowest BCUT2D eigenvalue weighted by Gasteiger charge is -2.19. The van der Waals surface area contributed by atoms with Gasteiger partial charge in [-0.3, -0.25) is 9.69 Å². The lowest BCUT2D eigenvalue weighted by atomic mass is 10.2. The van der Waals surface area contributed by atoms with Crippen LogP contribution in [0.25, 0.3) is 0 Å². The third-order valence-corrected chi connectivity index (χ3v) is 4.45. The highest BCUT2D eigenvalue weighted by molar-refractivity contribution is 8.27. The molecule has 3 nitrogen and oxygen atoms in total. The molecular weight excluding hydrogens is 288 g/mol. The Morgan fingerprint density at radius 2 is 1.90 bits per heavy atom. The molecule has 1 saturated heterocycles. The third-order valence-electron chi connectivity index (χ3n) is 3.07. The Kier molecular flexibility index (Phi) is 3.46. The van der Waals surface area contributed by atoms with Crippen LogP contribution in [0.2, 0.25) is 0 Å². The summed E-state index contributed by atoms with van der Waals surface area (Å²) in [5.74, 6) is -0.0620. The largest absolute Gasteiger partial charge is 0.350 e. The van der Waals surface area contributed by atoms with E-state index in [4.69, 9.17) is 12.2 Å². The molecule has 1 aromatic carbocycles. The second-order valence-corrected chi connectivity index (χ2v) is 6.01. The van der Waals surface area contributed by atoms with Crippen molar-refractivity contribution >= 4 is 39.9 Å². The fourth-order valence-corrected chi connectivity index (χ4v) is 3.47. The Morgan fingerprint density at radius 3 is 2.60 bits per heavy atom. The molecule has 0 N–H and O–H groups in total. The van der Waals surface area contributed by atoms with Gasteiger partial charge in [-0.2, -0.15) is 0 Å². The summed E-state index contributed by atoms with van der Waals surface area (Å²) in [5.41, 5.74) is 1.69. The summed E-state index contributed by atoms with van der Waals surface area (Å²) < 4.78 is 0.569. The molecule has 1 amide bonds. The maximum Gasteiger partial charge on any atom is 0.272 e. The van der Waals surface area contributed by atoms with Gasteiger partial charge in [0.25, 0.3) is 5.91 Å². The van der Waals surface area contributed by atoms with Gasteiger partial charge in [-0.25, -0.2) is 0 Å². The number of hydrogen-bond donors (Lipinski definition) is 0. The number of thiocarbonyl (C=S) groups is 1. The summed E-state index contributed by atoms with van der Waals surface area (Å²) in [6.07, 6.45) is 7.70. The number of rotatable bonds is 1. The molecule has 2 heterocycles. The minimum Gasteiger partial charge on any atom is -0.350 e. The Balaban J connectivity index is 2.01. The summed E-state index contributed by atoms with van der Waals surface area (Å²) in [4.78, 5) is 16.8. The van der Waals surface area contributed by atoms with Crippen LogP contribution in [0.1, 0.15) is 0 Å². The number of likely N-dealkylation sites (N-methyl/N-ethyl adjacent to an activating group) is 1. The second kappa shape index (κ2) is 5.26. The molecule has 0 bridgehead atoms. The summed E-state index contributed by atoms with van der Waals surface area (Å²) in [6.45, 7) is 0. The molecule has 0 aliphatic carbocycles. The highest BCUT2D eigenvalue weighted by Crippen LogP contribution is 2.37. The number of carbonyl (C=O) groups is 1. The Morgan fingerprint density at radius 1 is 1.15 bits per heavy atom. The number of anilines is 1. The fourth-order valence-electron chi connectivity index (χ4n) is 2.08. The van der Waals surface area contributed by atoms with Crippen molar-refractivity contribution in [1.29, 1.82) is 0 Å². The van der Waals surface area contributed by atoms with E-state index < -0.39 is 0 Å². The monoisotopic (exact) mass is 300 g/mol. The van der Waals surface area contributed by atoms with E-state index in [2.05, 4.69) is 0 Å². The highest BCUT2D eigenvalue weighted by Gasteiger charge is 2.35. The predicted molar refractivity (Wildman–Crippen MR) is 87.2 cm³/mol. The first-order valence-corrected chi connectivity index (χ1v) is 7.34. The van der Waals surface area contributed by atoms with Crippen molar-refractivity contribution in [2.24, 2.45) is 0 Å². The molecule has 5 heteroatoms. The van der Waals surface area contributed by atoms with Crippen LogP contribution in [-0.2, 0) is 4.79 Å². The zero-order valence-electron chi connectivity index (χ0n) is 10.8. The van der Waals surface area contributed by atoms with Crippen molar-refractivity contribution in [3.05, 3.63) is 65.4 Å². The zero-order valence-corrected chi connectivity index (χ0v) is 12.4. The first-order valence-electron chi connectivity index (χ1n) is 6.12. The summed E-state index contributed by atoms with van der Waals surface area (Å²) in [5, 5.41) is 0. The van der Waals surface area contributed by atoms with Crippen LogP contribution in [0.4, 0.5) is 5.69 Å². The third kappa shape index (κ3) is 2.19. The number of benzene rings is 1. The number of amides is 1. The van der Waals surface area contributed by atoms with Crippen LogP contribution in [-0.4, -0.2) is 22.2 Å². The number of hydrogen-bond acceptors (Lipinski definition) is 4. The van der Waals surface area contributed by atoms with Crippen molar-refractivity contribution in [2.75, 3.05) is 11.9 Å². The fraction of sp³-hybridized carbons (Fsp3) is 0.0667. The number of carbonyl (C=O) groups excluding carboxylic acids is 1. The quantitative estimate of drug-likeness (QED) is 0.586. The average Bonchev–Trinajstić information content (AvgIpc) is 2.75. The van der Waals surface area contributed by atoms with E-state index in [9.17, 15) is 4.79 Å². The number of allylic oxidation sites excluding steroid dienone is 3. The van der Waals surface area contributed by atoms with E-state index in [1.807, 2.05) is 66.7 Å². The standard InChI is InChI=1S/C15H12N2OS2/c1-16-10-6-5-9-12(16)13-14(18)17(15(19)20-13)11-7-3-2-4-8-11/h2-10H,1H3/b13-12-. The molecule has 1 fully saturated rings. The van der Waals surface area contributed by atoms with Crippen LogP contribution in [0.5, 0.6) is 0 Å². The van der Waals surface area contributed by atoms with Crippen molar-refractivity contribution in [1.82, 2.24) is 4.90 Å². The Bertz CT molecular complexity index is 662. The first-order chi connectivity index (χ1) is 9.68. The summed E-state index contributed by atoms with van der Waals surface area (Å²) >= 11 is 6.71. The minimum absolute atomic E-state index is 0.0620. The molecule has 20 heavy (non-hydrogen) atoms. The van der Waals surface area contributed by atoms with E-state index in [1.54, 1.807) is 4.90 Å². The number of thioether (sulfide) groups is 1. The molecular formula is C15H12N2OS2. The Labute approximate surface area is 127 Å². The van der Waals surface area contributed by atoms with Crippen LogP contribution >= 0.6 is 24.0 Å². The van der Waals surface area contributed by atoms with E-state index in [0.29, 0.717) is 9.23 Å². The SMILES string of the molecule is CN1C=CC=C/C1=C1/SC(=S)N(c2ccccc2)C1=O.